The average Bonchev–Trinajstić information content (AvgIpc) is 3.11. The molecule has 32 heavy (non-hydrogen) atoms. The number of fused-ring (bicyclic) bond motifs is 1. The highest BCUT2D eigenvalue weighted by Crippen LogP contribution is 2.31. The number of carbonyl (C=O) groups is 1. The molecule has 0 aliphatic carbocycles. The van der Waals surface area contributed by atoms with E-state index in [4.69, 9.17) is 16.7 Å². The van der Waals surface area contributed by atoms with Gasteiger partial charge in [-0.05, 0) is 37.0 Å². The molecule has 2 aromatic carbocycles. The van der Waals surface area contributed by atoms with E-state index in [0.717, 1.165) is 41.8 Å². The van der Waals surface area contributed by atoms with Crippen molar-refractivity contribution in [3.63, 3.8) is 0 Å². The molecule has 5 nitrogen and oxygen atoms in total. The van der Waals surface area contributed by atoms with E-state index in [1.165, 1.54) is 0 Å². The molecule has 0 fully saturated rings. The third kappa shape index (κ3) is 6.11. The monoisotopic (exact) mass is 454 g/mol. The Kier molecular flexibility index (Phi) is 8.32. The molecule has 172 valence electrons. The lowest BCUT2D eigenvalue weighted by Gasteiger charge is -2.26. The summed E-state index contributed by atoms with van der Waals surface area (Å²) in [5.41, 5.74) is 2.74. The van der Waals surface area contributed by atoms with Gasteiger partial charge in [0.25, 0.3) is 0 Å². The van der Waals surface area contributed by atoms with Crippen molar-refractivity contribution in [2.75, 3.05) is 26.2 Å². The van der Waals surface area contributed by atoms with E-state index in [0.29, 0.717) is 23.4 Å². The first-order valence-electron chi connectivity index (χ1n) is 11.5. The van der Waals surface area contributed by atoms with Gasteiger partial charge in [0.1, 0.15) is 11.7 Å². The number of nitrogens with zero attached hydrogens (tertiary/aromatic N) is 3. The lowest BCUT2D eigenvalue weighted by molar-refractivity contribution is -0.124. The van der Waals surface area contributed by atoms with Crippen LogP contribution in [0.5, 0.6) is 0 Å². The highest BCUT2D eigenvalue weighted by atomic mass is 35.5. The lowest BCUT2D eigenvalue weighted by atomic mass is 10.1. The fraction of sp³-hybridized carbons (Fsp3) is 0.462. The summed E-state index contributed by atoms with van der Waals surface area (Å²) in [5.74, 6) is 1.17. The van der Waals surface area contributed by atoms with Gasteiger partial charge in [-0.2, -0.15) is 5.10 Å². The molecule has 1 atom stereocenters. The molecule has 1 aromatic heterocycles. The summed E-state index contributed by atoms with van der Waals surface area (Å²) in [5, 5.41) is 9.55. The van der Waals surface area contributed by atoms with E-state index in [9.17, 15) is 4.79 Å². The van der Waals surface area contributed by atoms with Crippen LogP contribution in [0.15, 0.2) is 48.5 Å². The molecule has 0 saturated heterocycles. The second-order valence-electron chi connectivity index (χ2n) is 9.33. The number of aromatic nitrogens is 2. The molecular weight excluding hydrogens is 420 g/mol. The Morgan fingerprint density at radius 3 is 2.31 bits per heavy atom. The van der Waals surface area contributed by atoms with Gasteiger partial charge in [-0.15, -0.1) is 0 Å². The van der Waals surface area contributed by atoms with Gasteiger partial charge in [0.15, 0.2) is 0 Å². The minimum absolute atomic E-state index is 0.0296. The summed E-state index contributed by atoms with van der Waals surface area (Å²) in [6, 6.07) is 15.3. The number of rotatable bonds is 10. The number of hydrogen-bond donors (Lipinski definition) is 1. The van der Waals surface area contributed by atoms with Crippen LogP contribution in [0.4, 0.5) is 0 Å². The lowest BCUT2D eigenvalue weighted by Crippen LogP contribution is -2.40. The Labute approximate surface area is 196 Å². The minimum Gasteiger partial charge on any atom is -0.353 e. The molecule has 6 heteroatoms. The molecule has 1 heterocycles. The Bertz CT molecular complexity index is 1020. The van der Waals surface area contributed by atoms with E-state index < -0.39 is 6.04 Å². The maximum Gasteiger partial charge on any atom is 0.244 e. The first kappa shape index (κ1) is 24.3. The molecule has 0 bridgehead atoms. The average molecular weight is 455 g/mol. The van der Waals surface area contributed by atoms with Gasteiger partial charge in [0.05, 0.1) is 5.52 Å². The van der Waals surface area contributed by atoms with Crippen LogP contribution in [0.2, 0.25) is 5.02 Å². The number of benzene rings is 2. The van der Waals surface area contributed by atoms with Crippen molar-refractivity contribution < 1.29 is 4.79 Å². The summed E-state index contributed by atoms with van der Waals surface area (Å²) in [6.45, 7) is 14.4. The minimum atomic E-state index is -0.431. The van der Waals surface area contributed by atoms with Crippen molar-refractivity contribution in [2.45, 2.75) is 40.7 Å². The normalized spacial score (nSPS) is 12.8. The van der Waals surface area contributed by atoms with Gasteiger partial charge in [0.2, 0.25) is 5.91 Å². The topological polar surface area (TPSA) is 50.2 Å². The summed E-state index contributed by atoms with van der Waals surface area (Å²) in [7, 11) is 0. The summed E-state index contributed by atoms with van der Waals surface area (Å²) >= 11 is 6.28. The molecule has 3 rings (SSSR count). The molecule has 0 saturated carbocycles. The van der Waals surface area contributed by atoms with Gasteiger partial charge >= 0.3 is 0 Å². The predicted octanol–water partition coefficient (Wildman–Crippen LogP) is 5.65. The van der Waals surface area contributed by atoms with Gasteiger partial charge in [-0.1, -0.05) is 69.6 Å². The van der Waals surface area contributed by atoms with Crippen molar-refractivity contribution >= 4 is 28.4 Å². The number of nitrogens with one attached hydrogen (secondary N) is 1. The fourth-order valence-electron chi connectivity index (χ4n) is 4.10. The SMILES string of the molecule is CC(C)CN(CCNC(=O)[C@H](C)n1nc(-c2ccccc2)c2cc(Cl)ccc21)CC(C)C. The van der Waals surface area contributed by atoms with Crippen LogP contribution in [-0.4, -0.2) is 46.8 Å². The van der Waals surface area contributed by atoms with E-state index in [-0.39, 0.29) is 5.91 Å². The number of carbonyl (C=O) groups excluding carboxylic acids is 1. The number of halogens is 1. The molecule has 0 aliphatic rings. The van der Waals surface area contributed by atoms with Crippen molar-refractivity contribution in [3.05, 3.63) is 53.6 Å². The van der Waals surface area contributed by atoms with Crippen LogP contribution in [-0.2, 0) is 4.79 Å². The highest BCUT2D eigenvalue weighted by molar-refractivity contribution is 6.31. The number of amides is 1. The standard InChI is InChI=1S/C26H35ClN4O/c1-18(2)16-30(17-19(3)4)14-13-28-26(32)20(5)31-24-12-11-22(27)15-23(24)25(29-31)21-9-7-6-8-10-21/h6-12,15,18-20H,13-14,16-17H2,1-5H3,(H,28,32)/t20-/m0/s1. The van der Waals surface area contributed by atoms with Gasteiger partial charge in [0, 0.05) is 42.2 Å². The smallest absolute Gasteiger partial charge is 0.244 e. The van der Waals surface area contributed by atoms with Crippen LogP contribution in [0, 0.1) is 11.8 Å². The Morgan fingerprint density at radius 1 is 1.03 bits per heavy atom. The van der Waals surface area contributed by atoms with Crippen molar-refractivity contribution in [1.82, 2.24) is 20.0 Å². The molecule has 1 amide bonds. The number of hydrogen-bond acceptors (Lipinski definition) is 3. The van der Waals surface area contributed by atoms with Crippen molar-refractivity contribution in [1.29, 1.82) is 0 Å². The van der Waals surface area contributed by atoms with E-state index in [1.807, 2.05) is 60.1 Å². The first-order valence-corrected chi connectivity index (χ1v) is 11.9. The summed E-state index contributed by atoms with van der Waals surface area (Å²) < 4.78 is 1.81. The summed E-state index contributed by atoms with van der Waals surface area (Å²) in [6.07, 6.45) is 0. The Morgan fingerprint density at radius 2 is 1.69 bits per heavy atom. The van der Waals surface area contributed by atoms with Crippen LogP contribution < -0.4 is 5.32 Å². The Balaban J connectivity index is 1.76. The maximum absolute atomic E-state index is 13.0. The highest BCUT2D eigenvalue weighted by Gasteiger charge is 2.21. The van der Waals surface area contributed by atoms with E-state index >= 15 is 0 Å². The van der Waals surface area contributed by atoms with Crippen LogP contribution in [0.25, 0.3) is 22.2 Å². The third-order valence-electron chi connectivity index (χ3n) is 5.44. The molecule has 0 radical (unpaired) electrons. The zero-order valence-corrected chi connectivity index (χ0v) is 20.6. The fourth-order valence-corrected chi connectivity index (χ4v) is 4.28. The maximum atomic E-state index is 13.0. The van der Waals surface area contributed by atoms with Gasteiger partial charge < -0.3 is 10.2 Å². The summed E-state index contributed by atoms with van der Waals surface area (Å²) in [4.78, 5) is 15.4. The Hall–Kier alpha value is -2.37. The van der Waals surface area contributed by atoms with Crippen molar-refractivity contribution in [2.24, 2.45) is 11.8 Å². The second kappa shape index (κ2) is 11.0. The predicted molar refractivity (Wildman–Crippen MR) is 134 cm³/mol. The van der Waals surface area contributed by atoms with Gasteiger partial charge in [-0.3, -0.25) is 9.48 Å². The quantitative estimate of drug-likeness (QED) is 0.430. The molecule has 0 spiro atoms. The van der Waals surface area contributed by atoms with E-state index in [1.54, 1.807) is 0 Å². The molecular formula is C26H35ClN4O. The molecule has 0 unspecified atom stereocenters. The van der Waals surface area contributed by atoms with E-state index in [2.05, 4.69) is 37.9 Å². The first-order chi connectivity index (χ1) is 15.3. The zero-order valence-electron chi connectivity index (χ0n) is 19.8. The molecule has 3 aromatic rings. The third-order valence-corrected chi connectivity index (χ3v) is 5.67. The van der Waals surface area contributed by atoms with Gasteiger partial charge in [-0.25, -0.2) is 0 Å². The van der Waals surface area contributed by atoms with Crippen LogP contribution in [0.3, 0.4) is 0 Å². The molecule has 0 aliphatic heterocycles. The molecule has 1 N–H and O–H groups in total. The van der Waals surface area contributed by atoms with Crippen LogP contribution in [0.1, 0.15) is 40.7 Å². The second-order valence-corrected chi connectivity index (χ2v) is 9.77. The van der Waals surface area contributed by atoms with Crippen LogP contribution >= 0.6 is 11.6 Å². The largest absolute Gasteiger partial charge is 0.353 e. The van der Waals surface area contributed by atoms with Crippen molar-refractivity contribution in [3.8, 4) is 11.3 Å². The zero-order chi connectivity index (χ0) is 23.3.